The first-order chi connectivity index (χ1) is 5.59. The summed E-state index contributed by atoms with van der Waals surface area (Å²) in [5.41, 5.74) is 0. The van der Waals surface area contributed by atoms with Crippen LogP contribution in [0.3, 0.4) is 0 Å². The van der Waals surface area contributed by atoms with E-state index in [1.807, 2.05) is 22.6 Å². The third-order valence-electron chi connectivity index (χ3n) is 1.09. The van der Waals surface area contributed by atoms with Gasteiger partial charge in [0.15, 0.2) is 0 Å². The molecule has 64 valence electrons. The smallest absolute Gasteiger partial charge is 0.228 e. The number of hydrogen-bond donors (Lipinski definition) is 0. The van der Waals surface area contributed by atoms with E-state index in [9.17, 15) is 4.39 Å². The first kappa shape index (κ1) is 10.3. The molecular weight excluding hydrogens is 358 g/mol. The maximum Gasteiger partial charge on any atom is 0.228 e. The molecule has 1 aromatic rings. The summed E-state index contributed by atoms with van der Waals surface area (Å²) in [6.45, 7) is 0. The van der Waals surface area contributed by atoms with Crippen LogP contribution in [-0.4, -0.2) is 3.06 Å². The normalized spacial score (nSPS) is 9.58. The summed E-state index contributed by atoms with van der Waals surface area (Å²) in [4.78, 5) is 0. The van der Waals surface area contributed by atoms with Crippen LogP contribution in [0.1, 0.15) is 0 Å². The molecule has 0 saturated carbocycles. The summed E-state index contributed by atoms with van der Waals surface area (Å²) in [5.74, 6) is 0.212. The lowest BCUT2D eigenvalue weighted by Gasteiger charge is -2.01. The molecule has 0 saturated heterocycles. The molecule has 0 N–H and O–H groups in total. The topological polar surface area (TPSA) is 9.23 Å². The minimum Gasteiger partial charge on any atom is -0.440 e. The number of halogens is 3. The molecule has 0 radical (unpaired) electrons. The van der Waals surface area contributed by atoms with Crippen molar-refractivity contribution in [3.05, 3.63) is 28.5 Å². The second-order valence-corrected chi connectivity index (χ2v) is 4.85. The van der Waals surface area contributed by atoms with E-state index < -0.39 is 0 Å². The van der Waals surface area contributed by atoms with Gasteiger partial charge >= 0.3 is 0 Å². The van der Waals surface area contributed by atoms with Gasteiger partial charge in [0.25, 0.3) is 0 Å². The predicted octanol–water partition coefficient (Wildman–Crippen LogP) is 3.69. The minimum atomic E-state index is -0.318. The predicted molar refractivity (Wildman–Crippen MR) is 61.3 cm³/mol. The third-order valence-corrected chi connectivity index (χ3v) is 2.00. The van der Waals surface area contributed by atoms with Gasteiger partial charge < -0.3 is 4.74 Å². The highest BCUT2D eigenvalue weighted by Gasteiger charge is 2.01. The Hall–Kier alpha value is 0.250. The minimum absolute atomic E-state index is 0.318. The molecule has 0 bridgehead atoms. The fourth-order valence-corrected chi connectivity index (χ4v) is 1.34. The van der Waals surface area contributed by atoms with Gasteiger partial charge in [-0.3, -0.25) is 0 Å². The first-order valence-corrected chi connectivity index (χ1v) is 5.20. The first-order valence-electron chi connectivity index (χ1n) is 2.92. The van der Waals surface area contributed by atoms with E-state index in [4.69, 9.17) is 17.0 Å². The fraction of sp³-hybridized carbons (Fsp3) is 0. The van der Waals surface area contributed by atoms with Crippen molar-refractivity contribution in [2.24, 2.45) is 0 Å². The number of benzene rings is 1. The van der Waals surface area contributed by atoms with Crippen LogP contribution < -0.4 is 4.74 Å². The molecule has 0 aliphatic rings. The molecule has 1 nitrogen and oxygen atoms in total. The maximum atomic E-state index is 12.7. The summed E-state index contributed by atoms with van der Waals surface area (Å²) in [6, 6.07) is 4.36. The van der Waals surface area contributed by atoms with Crippen molar-refractivity contribution in [3.63, 3.8) is 0 Å². The lowest BCUT2D eigenvalue weighted by Crippen LogP contribution is -1.94. The summed E-state index contributed by atoms with van der Waals surface area (Å²) >= 11 is 9.61. The molecule has 1 rings (SSSR count). The molecular formula is C7H3BrFIOS. The standard InChI is InChI=1S/C7H3BrFIOS/c8-5-3-4(11-7(10)12)1-2-6(5)9/h1-3H. The Kier molecular flexibility index (Phi) is 3.85. The lowest BCUT2D eigenvalue weighted by molar-refractivity contribution is 0.572. The van der Waals surface area contributed by atoms with E-state index in [0.29, 0.717) is 13.3 Å². The average Bonchev–Trinajstić information content (AvgIpc) is 1.96. The van der Waals surface area contributed by atoms with Gasteiger partial charge in [0.05, 0.1) is 4.47 Å². The van der Waals surface area contributed by atoms with Gasteiger partial charge in [-0.05, 0) is 46.3 Å². The monoisotopic (exact) mass is 360 g/mol. The van der Waals surface area contributed by atoms with Crippen LogP contribution in [0.5, 0.6) is 5.75 Å². The molecule has 12 heavy (non-hydrogen) atoms. The summed E-state index contributed by atoms with van der Waals surface area (Å²) in [6.07, 6.45) is 0. The van der Waals surface area contributed by atoms with Gasteiger partial charge in [-0.25, -0.2) is 4.39 Å². The van der Waals surface area contributed by atoms with Crippen molar-refractivity contribution in [1.29, 1.82) is 0 Å². The van der Waals surface area contributed by atoms with Gasteiger partial charge in [-0.1, -0.05) is 0 Å². The average molecular weight is 361 g/mol. The van der Waals surface area contributed by atoms with Crippen LogP contribution in [0, 0.1) is 5.82 Å². The van der Waals surface area contributed by atoms with Gasteiger partial charge in [-0.2, -0.15) is 0 Å². The van der Waals surface area contributed by atoms with Crippen LogP contribution in [0.25, 0.3) is 0 Å². The van der Waals surface area contributed by atoms with Crippen molar-refractivity contribution in [3.8, 4) is 5.75 Å². The van der Waals surface area contributed by atoms with Gasteiger partial charge in [-0.15, -0.1) is 0 Å². The Balaban J connectivity index is 2.89. The lowest BCUT2D eigenvalue weighted by atomic mass is 10.3. The molecule has 0 aliphatic carbocycles. The van der Waals surface area contributed by atoms with Crippen LogP contribution in [-0.2, 0) is 0 Å². The molecule has 0 spiro atoms. The summed E-state index contributed by atoms with van der Waals surface area (Å²) in [5, 5.41) is 0. The van der Waals surface area contributed by atoms with Crippen LogP contribution in [0.2, 0.25) is 0 Å². The molecule has 0 heterocycles. The van der Waals surface area contributed by atoms with E-state index >= 15 is 0 Å². The Bertz CT molecular complexity index is 318. The SMILES string of the molecule is Fc1ccc(OC(=S)I)cc1Br. The van der Waals surface area contributed by atoms with Crippen LogP contribution in [0.4, 0.5) is 4.39 Å². The maximum absolute atomic E-state index is 12.7. The van der Waals surface area contributed by atoms with E-state index in [2.05, 4.69) is 15.9 Å². The highest BCUT2D eigenvalue weighted by Crippen LogP contribution is 2.22. The summed E-state index contributed by atoms with van der Waals surface area (Å²) in [7, 11) is 0. The third kappa shape index (κ3) is 2.95. The molecule has 0 aromatic heterocycles. The van der Waals surface area contributed by atoms with Crippen molar-refractivity contribution >= 4 is 53.8 Å². The van der Waals surface area contributed by atoms with Gasteiger partial charge in [0.2, 0.25) is 3.06 Å². The Morgan fingerprint density at radius 2 is 2.25 bits per heavy atom. The zero-order valence-electron chi connectivity index (χ0n) is 5.68. The van der Waals surface area contributed by atoms with E-state index in [1.54, 1.807) is 0 Å². The van der Waals surface area contributed by atoms with Crippen molar-refractivity contribution in [2.45, 2.75) is 0 Å². The van der Waals surface area contributed by atoms with Crippen LogP contribution >= 0.6 is 50.7 Å². The Morgan fingerprint density at radius 1 is 1.58 bits per heavy atom. The van der Waals surface area contributed by atoms with Crippen molar-refractivity contribution in [1.82, 2.24) is 0 Å². The van der Waals surface area contributed by atoms with Crippen LogP contribution in [0.15, 0.2) is 22.7 Å². The fourth-order valence-electron chi connectivity index (χ4n) is 0.633. The molecule has 0 aliphatic heterocycles. The molecule has 0 amide bonds. The molecule has 0 fully saturated rings. The van der Waals surface area contributed by atoms with E-state index in [0.717, 1.165) is 0 Å². The number of thiocarbonyl (C=S) groups is 1. The number of ether oxygens (including phenoxy) is 1. The Morgan fingerprint density at radius 3 is 2.75 bits per heavy atom. The second kappa shape index (κ2) is 4.48. The molecule has 0 atom stereocenters. The van der Waals surface area contributed by atoms with E-state index in [-0.39, 0.29) is 5.82 Å². The highest BCUT2D eigenvalue weighted by molar-refractivity contribution is 14.1. The van der Waals surface area contributed by atoms with Gasteiger partial charge in [0, 0.05) is 22.6 Å². The van der Waals surface area contributed by atoms with E-state index in [1.165, 1.54) is 18.2 Å². The number of rotatable bonds is 1. The largest absolute Gasteiger partial charge is 0.440 e. The molecule has 1 aromatic carbocycles. The quantitative estimate of drug-likeness (QED) is 0.429. The molecule has 5 heteroatoms. The highest BCUT2D eigenvalue weighted by atomic mass is 127. The van der Waals surface area contributed by atoms with Crippen molar-refractivity contribution in [2.75, 3.05) is 0 Å². The zero-order valence-corrected chi connectivity index (χ0v) is 10.2. The summed E-state index contributed by atoms with van der Waals surface area (Å²) < 4.78 is 18.5. The molecule has 0 unspecified atom stereocenters. The zero-order chi connectivity index (χ0) is 9.14. The van der Waals surface area contributed by atoms with Crippen molar-refractivity contribution < 1.29 is 9.13 Å². The van der Waals surface area contributed by atoms with Gasteiger partial charge in [0.1, 0.15) is 11.6 Å². The Labute approximate surface area is 96.6 Å². The number of hydrogen-bond acceptors (Lipinski definition) is 2. The second-order valence-electron chi connectivity index (χ2n) is 1.92.